The maximum atomic E-state index is 11.5. The largest absolute Gasteiger partial charge is 0.455 e. The van der Waals surface area contributed by atoms with Gasteiger partial charge in [-0.1, -0.05) is 24.6 Å². The lowest BCUT2D eigenvalue weighted by Crippen LogP contribution is -2.21. The number of nitrogens with one attached hydrogen (secondary N) is 1. The van der Waals surface area contributed by atoms with Gasteiger partial charge in [0.05, 0.1) is 5.92 Å². The fourth-order valence-corrected chi connectivity index (χ4v) is 1.73. The van der Waals surface area contributed by atoms with E-state index in [0.717, 1.165) is 12.0 Å². The Morgan fingerprint density at radius 3 is 2.50 bits per heavy atom. The predicted octanol–water partition coefficient (Wildman–Crippen LogP) is 2.13. The van der Waals surface area contributed by atoms with Gasteiger partial charge in [-0.05, 0) is 31.4 Å². The van der Waals surface area contributed by atoms with E-state index in [2.05, 4.69) is 5.32 Å². The highest BCUT2D eigenvalue weighted by Crippen LogP contribution is 2.38. The molecule has 1 amide bonds. The molecule has 1 fully saturated rings. The molecule has 18 heavy (non-hydrogen) atoms. The van der Waals surface area contributed by atoms with E-state index in [-0.39, 0.29) is 24.4 Å². The molecule has 96 valence electrons. The summed E-state index contributed by atoms with van der Waals surface area (Å²) >= 11 is 0. The molecular formula is C14H17NO3. The van der Waals surface area contributed by atoms with Crippen LogP contribution in [0, 0.1) is 18.8 Å². The summed E-state index contributed by atoms with van der Waals surface area (Å²) in [6.45, 7) is 3.76. The summed E-state index contributed by atoms with van der Waals surface area (Å²) < 4.78 is 4.94. The second kappa shape index (κ2) is 5.21. The van der Waals surface area contributed by atoms with E-state index in [0.29, 0.717) is 11.6 Å². The van der Waals surface area contributed by atoms with Crippen molar-refractivity contribution in [2.24, 2.45) is 11.8 Å². The van der Waals surface area contributed by atoms with Crippen LogP contribution in [-0.4, -0.2) is 18.5 Å². The molecule has 2 atom stereocenters. The molecule has 0 unspecified atom stereocenters. The third kappa shape index (κ3) is 3.32. The Labute approximate surface area is 106 Å². The van der Waals surface area contributed by atoms with Crippen molar-refractivity contribution in [3.8, 4) is 0 Å². The van der Waals surface area contributed by atoms with Crippen LogP contribution in [0.25, 0.3) is 0 Å². The van der Waals surface area contributed by atoms with Gasteiger partial charge < -0.3 is 10.1 Å². The molecule has 4 nitrogen and oxygen atoms in total. The van der Waals surface area contributed by atoms with Crippen LogP contribution in [0.2, 0.25) is 0 Å². The Balaban J connectivity index is 1.75. The van der Waals surface area contributed by atoms with Crippen molar-refractivity contribution in [2.75, 3.05) is 11.9 Å². The zero-order valence-electron chi connectivity index (χ0n) is 10.6. The molecule has 1 aliphatic rings. The van der Waals surface area contributed by atoms with Gasteiger partial charge >= 0.3 is 5.97 Å². The van der Waals surface area contributed by atoms with Crippen LogP contribution in [-0.2, 0) is 14.3 Å². The monoisotopic (exact) mass is 247 g/mol. The van der Waals surface area contributed by atoms with Gasteiger partial charge in [-0.15, -0.1) is 0 Å². The van der Waals surface area contributed by atoms with Crippen LogP contribution < -0.4 is 5.32 Å². The molecule has 1 N–H and O–H groups in total. The lowest BCUT2D eigenvalue weighted by atomic mass is 10.2. The van der Waals surface area contributed by atoms with Crippen molar-refractivity contribution >= 4 is 17.6 Å². The summed E-state index contributed by atoms with van der Waals surface area (Å²) in [6.07, 6.45) is 0.873. The molecule has 0 saturated heterocycles. The molecule has 0 heterocycles. The number of aryl methyl sites for hydroxylation is 1. The first kappa shape index (κ1) is 12.6. The summed E-state index contributed by atoms with van der Waals surface area (Å²) in [5.74, 6) is -0.170. The number of hydrogen-bond acceptors (Lipinski definition) is 3. The van der Waals surface area contributed by atoms with Gasteiger partial charge in [0.15, 0.2) is 6.61 Å². The van der Waals surface area contributed by atoms with Crippen molar-refractivity contribution in [3.05, 3.63) is 29.8 Å². The minimum absolute atomic E-state index is 0.00262. The molecule has 1 saturated carbocycles. The average Bonchev–Trinajstić information content (AvgIpc) is 3.06. The molecule has 2 rings (SSSR count). The van der Waals surface area contributed by atoms with Gasteiger partial charge in [0.2, 0.25) is 0 Å². The summed E-state index contributed by atoms with van der Waals surface area (Å²) in [7, 11) is 0. The number of carbonyl (C=O) groups excluding carboxylic acids is 2. The van der Waals surface area contributed by atoms with Crippen molar-refractivity contribution in [1.29, 1.82) is 0 Å². The van der Waals surface area contributed by atoms with E-state index in [1.807, 2.05) is 38.1 Å². The van der Waals surface area contributed by atoms with E-state index in [1.165, 1.54) is 0 Å². The quantitative estimate of drug-likeness (QED) is 0.829. The number of rotatable bonds is 4. The highest BCUT2D eigenvalue weighted by atomic mass is 16.5. The van der Waals surface area contributed by atoms with Gasteiger partial charge in [-0.25, -0.2) is 0 Å². The third-order valence-electron chi connectivity index (χ3n) is 3.09. The first-order valence-electron chi connectivity index (χ1n) is 6.09. The average molecular weight is 247 g/mol. The number of ether oxygens (including phenoxy) is 1. The van der Waals surface area contributed by atoms with Gasteiger partial charge in [0.1, 0.15) is 0 Å². The lowest BCUT2D eigenvalue weighted by molar-refractivity contribution is -0.148. The van der Waals surface area contributed by atoms with E-state index in [4.69, 9.17) is 4.74 Å². The molecule has 0 aliphatic heterocycles. The fourth-order valence-electron chi connectivity index (χ4n) is 1.73. The topological polar surface area (TPSA) is 55.4 Å². The molecule has 1 aliphatic carbocycles. The van der Waals surface area contributed by atoms with Gasteiger partial charge in [0.25, 0.3) is 5.91 Å². The number of amides is 1. The van der Waals surface area contributed by atoms with Crippen LogP contribution in [0.1, 0.15) is 18.9 Å². The van der Waals surface area contributed by atoms with Crippen LogP contribution >= 0.6 is 0 Å². The second-order valence-corrected chi connectivity index (χ2v) is 4.84. The zero-order valence-corrected chi connectivity index (χ0v) is 10.6. The summed E-state index contributed by atoms with van der Waals surface area (Å²) in [5, 5.41) is 2.68. The molecule has 0 bridgehead atoms. The van der Waals surface area contributed by atoms with Crippen molar-refractivity contribution in [2.45, 2.75) is 20.3 Å². The zero-order chi connectivity index (χ0) is 13.1. The SMILES string of the molecule is Cc1ccc(NC(=O)COC(=O)[C@@H]2C[C@H]2C)cc1. The first-order chi connectivity index (χ1) is 8.56. The van der Waals surface area contributed by atoms with Crippen molar-refractivity contribution in [1.82, 2.24) is 0 Å². The molecule has 4 heteroatoms. The van der Waals surface area contributed by atoms with Crippen LogP contribution in [0.4, 0.5) is 5.69 Å². The normalized spacial score (nSPS) is 21.2. The van der Waals surface area contributed by atoms with Crippen molar-refractivity contribution in [3.63, 3.8) is 0 Å². The number of benzene rings is 1. The minimum Gasteiger partial charge on any atom is -0.455 e. The Bertz CT molecular complexity index is 453. The molecule has 0 spiro atoms. The van der Waals surface area contributed by atoms with E-state index in [9.17, 15) is 9.59 Å². The number of anilines is 1. The third-order valence-corrected chi connectivity index (χ3v) is 3.09. The highest BCUT2D eigenvalue weighted by molar-refractivity contribution is 5.93. The van der Waals surface area contributed by atoms with E-state index in [1.54, 1.807) is 0 Å². The van der Waals surface area contributed by atoms with Crippen molar-refractivity contribution < 1.29 is 14.3 Å². The fraction of sp³-hybridized carbons (Fsp3) is 0.429. The maximum absolute atomic E-state index is 11.5. The van der Waals surface area contributed by atoms with Gasteiger partial charge in [-0.2, -0.15) is 0 Å². The molecule has 0 radical (unpaired) electrons. The standard InChI is InChI=1S/C14H17NO3/c1-9-3-5-11(6-4-9)15-13(16)8-18-14(17)12-7-10(12)2/h3-6,10,12H,7-8H2,1-2H3,(H,15,16)/t10-,12-/m1/s1. The minimum atomic E-state index is -0.305. The van der Waals surface area contributed by atoms with Gasteiger partial charge in [0, 0.05) is 5.69 Å². The Hall–Kier alpha value is -1.84. The Morgan fingerprint density at radius 2 is 1.94 bits per heavy atom. The van der Waals surface area contributed by atoms with Crippen LogP contribution in [0.15, 0.2) is 24.3 Å². The number of carbonyl (C=O) groups is 2. The molecular weight excluding hydrogens is 230 g/mol. The predicted molar refractivity (Wildman–Crippen MR) is 68.0 cm³/mol. The number of esters is 1. The summed E-state index contributed by atoms with van der Waals surface area (Å²) in [6, 6.07) is 7.46. The first-order valence-corrected chi connectivity index (χ1v) is 6.09. The lowest BCUT2D eigenvalue weighted by Gasteiger charge is -2.06. The molecule has 1 aromatic rings. The summed E-state index contributed by atoms with van der Waals surface area (Å²) in [4.78, 5) is 23.0. The van der Waals surface area contributed by atoms with Crippen LogP contribution in [0.5, 0.6) is 0 Å². The van der Waals surface area contributed by atoms with E-state index < -0.39 is 0 Å². The van der Waals surface area contributed by atoms with E-state index >= 15 is 0 Å². The smallest absolute Gasteiger partial charge is 0.309 e. The molecule has 0 aromatic heterocycles. The second-order valence-electron chi connectivity index (χ2n) is 4.84. The maximum Gasteiger partial charge on any atom is 0.309 e. The van der Waals surface area contributed by atoms with Gasteiger partial charge in [-0.3, -0.25) is 9.59 Å². The Morgan fingerprint density at radius 1 is 1.33 bits per heavy atom. The highest BCUT2D eigenvalue weighted by Gasteiger charge is 2.40. The summed E-state index contributed by atoms with van der Waals surface area (Å²) in [5.41, 5.74) is 1.84. The molecule has 1 aromatic carbocycles. The number of hydrogen-bond donors (Lipinski definition) is 1. The van der Waals surface area contributed by atoms with Crippen LogP contribution in [0.3, 0.4) is 0 Å². The Kier molecular flexibility index (Phi) is 3.65.